The Kier molecular flexibility index (Phi) is 3.52. The molecule has 1 aromatic rings. The van der Waals surface area contributed by atoms with Gasteiger partial charge in [0.1, 0.15) is 4.88 Å². The largest absolute Gasteiger partial charge is 0.330 e. The molecule has 1 N–H and O–H groups in total. The van der Waals surface area contributed by atoms with Gasteiger partial charge in [-0.1, -0.05) is 11.6 Å². The molecule has 16 heavy (non-hydrogen) atoms. The Hall–Kier alpha value is -0.580. The molecular formula is C11H15ClN2OS. The Labute approximate surface area is 104 Å². The number of carbonyl (C=O) groups is 1. The zero-order valence-electron chi connectivity index (χ0n) is 9.37. The van der Waals surface area contributed by atoms with Gasteiger partial charge in [-0.15, -0.1) is 11.3 Å². The first-order chi connectivity index (χ1) is 7.61. The van der Waals surface area contributed by atoms with Crippen molar-refractivity contribution in [2.75, 3.05) is 13.1 Å². The fourth-order valence-corrected chi connectivity index (χ4v) is 3.18. The highest BCUT2D eigenvalue weighted by Crippen LogP contribution is 2.25. The number of nitrogens with one attached hydrogen (secondary N) is 1. The quantitative estimate of drug-likeness (QED) is 0.838. The molecule has 0 bridgehead atoms. The Morgan fingerprint density at radius 1 is 1.50 bits per heavy atom. The van der Waals surface area contributed by atoms with Gasteiger partial charge in [0.25, 0.3) is 5.91 Å². The minimum Gasteiger partial charge on any atom is -0.330 e. The summed E-state index contributed by atoms with van der Waals surface area (Å²) < 4.78 is 0. The molecule has 0 aliphatic carbocycles. The number of piperazine rings is 1. The lowest BCUT2D eigenvalue weighted by Gasteiger charge is -2.39. The molecule has 1 aromatic heterocycles. The van der Waals surface area contributed by atoms with Crippen molar-refractivity contribution in [3.63, 3.8) is 0 Å². The first-order valence-electron chi connectivity index (χ1n) is 5.37. The number of nitrogens with zero attached hydrogens (tertiary/aromatic N) is 1. The van der Waals surface area contributed by atoms with Crippen molar-refractivity contribution < 1.29 is 4.79 Å². The summed E-state index contributed by atoms with van der Waals surface area (Å²) in [5.74, 6) is 0.0569. The van der Waals surface area contributed by atoms with Crippen LogP contribution in [-0.4, -0.2) is 36.0 Å². The first-order valence-corrected chi connectivity index (χ1v) is 6.63. The van der Waals surface area contributed by atoms with Crippen molar-refractivity contribution in [1.82, 2.24) is 10.2 Å². The predicted octanol–water partition coefficient (Wildman–Crippen LogP) is 2.22. The summed E-state index contributed by atoms with van der Waals surface area (Å²) >= 11 is 7.41. The topological polar surface area (TPSA) is 32.3 Å². The molecule has 1 amide bonds. The Morgan fingerprint density at radius 2 is 2.12 bits per heavy atom. The number of rotatable bonds is 1. The number of hydrogen-bond donors (Lipinski definition) is 1. The van der Waals surface area contributed by atoms with Gasteiger partial charge < -0.3 is 10.2 Å². The van der Waals surface area contributed by atoms with Gasteiger partial charge >= 0.3 is 0 Å². The van der Waals surface area contributed by atoms with Gasteiger partial charge in [-0.25, -0.2) is 0 Å². The second-order valence-electron chi connectivity index (χ2n) is 4.17. The van der Waals surface area contributed by atoms with Gasteiger partial charge in [-0.05, 0) is 25.3 Å². The van der Waals surface area contributed by atoms with Crippen LogP contribution in [0.2, 0.25) is 5.02 Å². The third-order valence-electron chi connectivity index (χ3n) is 2.88. The van der Waals surface area contributed by atoms with Crippen molar-refractivity contribution in [1.29, 1.82) is 0 Å². The summed E-state index contributed by atoms with van der Waals surface area (Å²) in [6.07, 6.45) is 0. The van der Waals surface area contributed by atoms with Crippen LogP contribution < -0.4 is 5.32 Å². The van der Waals surface area contributed by atoms with Gasteiger partial charge in [0.2, 0.25) is 0 Å². The molecule has 0 spiro atoms. The molecule has 1 aliphatic rings. The maximum atomic E-state index is 12.3. The van der Waals surface area contributed by atoms with Gasteiger partial charge in [-0.3, -0.25) is 4.79 Å². The van der Waals surface area contributed by atoms with E-state index in [1.807, 2.05) is 10.3 Å². The SMILES string of the molecule is CC1CNCC(C)N1C(=O)c1sccc1Cl. The Bertz CT molecular complexity index is 383. The summed E-state index contributed by atoms with van der Waals surface area (Å²) in [5, 5.41) is 5.72. The molecule has 3 nitrogen and oxygen atoms in total. The number of halogens is 1. The van der Waals surface area contributed by atoms with Crippen LogP contribution in [0.5, 0.6) is 0 Å². The van der Waals surface area contributed by atoms with Crippen LogP contribution in [0.25, 0.3) is 0 Å². The van der Waals surface area contributed by atoms with Crippen LogP contribution in [0, 0.1) is 0 Å². The molecule has 0 radical (unpaired) electrons. The van der Waals surface area contributed by atoms with Gasteiger partial charge in [-0.2, -0.15) is 0 Å². The second-order valence-corrected chi connectivity index (χ2v) is 5.49. The molecule has 1 fully saturated rings. The van der Waals surface area contributed by atoms with Crippen molar-refractivity contribution in [2.45, 2.75) is 25.9 Å². The third kappa shape index (κ3) is 2.10. The molecule has 2 heterocycles. The van der Waals surface area contributed by atoms with E-state index in [2.05, 4.69) is 19.2 Å². The highest BCUT2D eigenvalue weighted by atomic mass is 35.5. The average Bonchev–Trinajstić information content (AvgIpc) is 2.64. The van der Waals surface area contributed by atoms with E-state index in [0.717, 1.165) is 13.1 Å². The Balaban J connectivity index is 2.23. The van der Waals surface area contributed by atoms with Crippen LogP contribution >= 0.6 is 22.9 Å². The van der Waals surface area contributed by atoms with Crippen LogP contribution in [0.15, 0.2) is 11.4 Å². The molecule has 2 atom stereocenters. The number of carbonyl (C=O) groups excluding carboxylic acids is 1. The molecule has 0 aromatic carbocycles. The molecule has 88 valence electrons. The molecule has 0 saturated carbocycles. The average molecular weight is 259 g/mol. The minimum absolute atomic E-state index is 0.0569. The highest BCUT2D eigenvalue weighted by Gasteiger charge is 2.30. The van der Waals surface area contributed by atoms with Crippen LogP contribution in [0.3, 0.4) is 0 Å². The summed E-state index contributed by atoms with van der Waals surface area (Å²) in [6, 6.07) is 2.21. The van der Waals surface area contributed by atoms with Gasteiger partial charge in [0.05, 0.1) is 5.02 Å². The van der Waals surface area contributed by atoms with E-state index in [1.165, 1.54) is 11.3 Å². The number of amides is 1. The van der Waals surface area contributed by atoms with Crippen molar-refractivity contribution in [3.05, 3.63) is 21.3 Å². The molecule has 1 aliphatic heterocycles. The second kappa shape index (κ2) is 4.73. The summed E-state index contributed by atoms with van der Waals surface area (Å²) in [6.45, 7) is 5.81. The van der Waals surface area contributed by atoms with E-state index in [9.17, 15) is 4.79 Å². The fraction of sp³-hybridized carbons (Fsp3) is 0.545. The van der Waals surface area contributed by atoms with Gasteiger partial charge in [0.15, 0.2) is 0 Å². The smallest absolute Gasteiger partial charge is 0.266 e. The van der Waals surface area contributed by atoms with Crippen LogP contribution in [-0.2, 0) is 0 Å². The highest BCUT2D eigenvalue weighted by molar-refractivity contribution is 7.12. The Morgan fingerprint density at radius 3 is 2.62 bits per heavy atom. The molecule has 2 unspecified atom stereocenters. The van der Waals surface area contributed by atoms with E-state index in [0.29, 0.717) is 9.90 Å². The standard InChI is InChI=1S/C11H15ClN2OS/c1-7-5-13-6-8(2)14(7)11(15)10-9(12)3-4-16-10/h3-4,7-8,13H,5-6H2,1-2H3. The molecule has 5 heteroatoms. The van der Waals surface area contributed by atoms with Crippen molar-refractivity contribution in [2.24, 2.45) is 0 Å². The maximum absolute atomic E-state index is 12.3. The summed E-state index contributed by atoms with van der Waals surface area (Å²) in [5.41, 5.74) is 0. The summed E-state index contributed by atoms with van der Waals surface area (Å²) in [7, 11) is 0. The lowest BCUT2D eigenvalue weighted by atomic mass is 10.1. The predicted molar refractivity (Wildman–Crippen MR) is 67.3 cm³/mol. The lowest BCUT2D eigenvalue weighted by molar-refractivity contribution is 0.0550. The molecule has 1 saturated heterocycles. The fourth-order valence-electron chi connectivity index (χ4n) is 2.10. The number of thiophene rings is 1. The maximum Gasteiger partial charge on any atom is 0.266 e. The van der Waals surface area contributed by atoms with Crippen molar-refractivity contribution in [3.8, 4) is 0 Å². The number of hydrogen-bond acceptors (Lipinski definition) is 3. The van der Waals surface area contributed by atoms with E-state index in [1.54, 1.807) is 6.07 Å². The molecule has 2 rings (SSSR count). The summed E-state index contributed by atoms with van der Waals surface area (Å²) in [4.78, 5) is 14.9. The first kappa shape index (κ1) is 11.9. The third-order valence-corrected chi connectivity index (χ3v) is 4.20. The zero-order chi connectivity index (χ0) is 11.7. The molecular weight excluding hydrogens is 244 g/mol. The monoisotopic (exact) mass is 258 g/mol. The van der Waals surface area contributed by atoms with Crippen LogP contribution in [0.1, 0.15) is 23.5 Å². The van der Waals surface area contributed by atoms with E-state index in [4.69, 9.17) is 11.6 Å². The van der Waals surface area contributed by atoms with E-state index < -0.39 is 0 Å². The lowest BCUT2D eigenvalue weighted by Crippen LogP contribution is -2.57. The van der Waals surface area contributed by atoms with Crippen LogP contribution in [0.4, 0.5) is 0 Å². The van der Waals surface area contributed by atoms with Gasteiger partial charge in [0, 0.05) is 25.2 Å². The zero-order valence-corrected chi connectivity index (χ0v) is 10.9. The minimum atomic E-state index is 0.0569. The van der Waals surface area contributed by atoms with E-state index >= 15 is 0 Å². The normalized spacial score (nSPS) is 25.8. The van der Waals surface area contributed by atoms with Crippen molar-refractivity contribution >= 4 is 28.8 Å². The van der Waals surface area contributed by atoms with E-state index in [-0.39, 0.29) is 18.0 Å².